The van der Waals surface area contributed by atoms with Crippen molar-refractivity contribution in [1.29, 1.82) is 0 Å². The average molecular weight is 603 g/mol. The first kappa shape index (κ1) is 32.1. The van der Waals surface area contributed by atoms with Crippen molar-refractivity contribution in [3.8, 4) is 11.5 Å². The molecule has 1 heterocycles. The second kappa shape index (κ2) is 12.8. The number of aryl methyl sites for hydroxylation is 1. The summed E-state index contributed by atoms with van der Waals surface area (Å²) in [6, 6.07) is 2.88. The van der Waals surface area contributed by atoms with E-state index in [2.05, 4.69) is 15.5 Å². The van der Waals surface area contributed by atoms with Crippen molar-refractivity contribution >= 4 is 23.9 Å². The molecule has 0 bridgehead atoms. The zero-order chi connectivity index (χ0) is 31.5. The van der Waals surface area contributed by atoms with Crippen LogP contribution in [-0.2, 0) is 24.5 Å². The number of aliphatic carboxylic acids is 1. The van der Waals surface area contributed by atoms with Crippen molar-refractivity contribution in [2.75, 3.05) is 39.8 Å². The van der Waals surface area contributed by atoms with Gasteiger partial charge < -0.3 is 40.7 Å². The van der Waals surface area contributed by atoms with Crippen LogP contribution >= 0.6 is 0 Å². The Balaban J connectivity index is 1.44. The summed E-state index contributed by atoms with van der Waals surface area (Å²) in [7, 11) is 1.50. The summed E-state index contributed by atoms with van der Waals surface area (Å²) in [6.45, 7) is 5.15. The Hall–Kier alpha value is -3.84. The second-order valence-electron chi connectivity index (χ2n) is 12.0. The molecule has 1 aliphatic heterocycles. The van der Waals surface area contributed by atoms with Crippen molar-refractivity contribution in [1.82, 2.24) is 20.4 Å². The Morgan fingerprint density at radius 1 is 1.14 bits per heavy atom. The van der Waals surface area contributed by atoms with Crippen molar-refractivity contribution in [2.45, 2.75) is 69.4 Å². The summed E-state index contributed by atoms with van der Waals surface area (Å²) in [5.41, 5.74) is -1.15. The number of rotatable bonds is 11. The molecule has 236 valence electrons. The van der Waals surface area contributed by atoms with Crippen molar-refractivity contribution in [2.24, 2.45) is 5.92 Å². The maximum Gasteiger partial charge on any atom is 0.414 e. The Morgan fingerprint density at radius 2 is 1.86 bits per heavy atom. The fraction of sp³-hybridized carbons (Fsp3) is 0.600. The Bertz CT molecular complexity index is 1300. The smallest absolute Gasteiger partial charge is 0.414 e. The van der Waals surface area contributed by atoms with E-state index >= 15 is 0 Å². The van der Waals surface area contributed by atoms with E-state index in [-0.39, 0.29) is 43.5 Å². The lowest BCUT2D eigenvalue weighted by atomic mass is 9.54. The molecule has 0 spiro atoms. The van der Waals surface area contributed by atoms with E-state index < -0.39 is 47.9 Å². The van der Waals surface area contributed by atoms with Crippen molar-refractivity contribution in [3.63, 3.8) is 0 Å². The van der Waals surface area contributed by atoms with E-state index in [1.165, 1.54) is 30.9 Å². The molecule has 2 fully saturated rings. The van der Waals surface area contributed by atoms with Gasteiger partial charge in [-0.15, -0.1) is 0 Å². The quantitative estimate of drug-likeness (QED) is 0.159. The van der Waals surface area contributed by atoms with Gasteiger partial charge in [0.2, 0.25) is 11.8 Å². The molecule has 0 radical (unpaired) electrons. The number of hydrogen-bond acceptors (Lipinski definition) is 9. The minimum atomic E-state index is -1.30. The normalized spacial score (nSPS) is 25.2. The number of hydrogen-bond donors (Lipinski definition) is 6. The van der Waals surface area contributed by atoms with Gasteiger partial charge in [-0.3, -0.25) is 19.3 Å². The number of likely N-dealkylation sites (N-methyl/N-ethyl adjacent to an activating group) is 1. The molecule has 4 rings (SSSR count). The van der Waals surface area contributed by atoms with E-state index in [1.807, 2.05) is 13.8 Å². The molecule has 1 saturated heterocycles. The number of aliphatic hydroxyl groups is 1. The first-order valence-corrected chi connectivity index (χ1v) is 14.6. The molecular weight excluding hydrogens is 560 g/mol. The van der Waals surface area contributed by atoms with Crippen LogP contribution < -0.4 is 10.6 Å². The molecule has 0 aromatic heterocycles. The van der Waals surface area contributed by atoms with Gasteiger partial charge in [-0.25, -0.2) is 4.79 Å². The maximum absolute atomic E-state index is 13.0. The number of nitrogens with zero attached hydrogens (tertiary/aromatic N) is 2. The van der Waals surface area contributed by atoms with E-state index in [0.717, 1.165) is 12.1 Å². The number of carboxylic acid groups (broad SMARTS) is 1. The van der Waals surface area contributed by atoms with E-state index in [0.29, 0.717) is 30.2 Å². The fourth-order valence-corrected chi connectivity index (χ4v) is 6.45. The number of allylic oxidation sites excluding steroid dienone is 1. The SMILES string of the molecule is Cc1ccc(O)c(O)c1[C@]12CCN(CC3CC3)C(C)C1(O)CC=C(OC(=O)N(C)CCNC(=O)CNC(=O)CC(=O)O)C2. The number of benzene rings is 1. The Labute approximate surface area is 250 Å². The van der Waals surface area contributed by atoms with Gasteiger partial charge in [0, 0.05) is 56.5 Å². The van der Waals surface area contributed by atoms with Crippen LogP contribution in [0.1, 0.15) is 56.6 Å². The summed E-state index contributed by atoms with van der Waals surface area (Å²) in [5.74, 6) is -2.21. The molecule has 1 aromatic rings. The largest absolute Gasteiger partial charge is 0.504 e. The lowest BCUT2D eigenvalue weighted by Crippen LogP contribution is -2.69. The number of phenols is 2. The first-order chi connectivity index (χ1) is 20.3. The van der Waals surface area contributed by atoms with Crippen molar-refractivity contribution < 1.29 is 44.3 Å². The number of ether oxygens (including phenoxy) is 1. The Morgan fingerprint density at radius 3 is 2.53 bits per heavy atom. The number of likely N-dealkylation sites (tertiary alicyclic amines) is 1. The number of carbonyl (C=O) groups is 4. The lowest BCUT2D eigenvalue weighted by Gasteiger charge is -2.59. The predicted molar refractivity (Wildman–Crippen MR) is 154 cm³/mol. The zero-order valence-corrected chi connectivity index (χ0v) is 24.9. The predicted octanol–water partition coefficient (Wildman–Crippen LogP) is 1.33. The third kappa shape index (κ3) is 6.88. The number of carboxylic acids is 1. The van der Waals surface area contributed by atoms with Gasteiger partial charge >= 0.3 is 12.1 Å². The minimum Gasteiger partial charge on any atom is -0.504 e. The number of piperidine rings is 1. The van der Waals surface area contributed by atoms with Crippen LogP contribution in [0.25, 0.3) is 0 Å². The monoisotopic (exact) mass is 602 g/mol. The third-order valence-electron chi connectivity index (χ3n) is 9.10. The fourth-order valence-electron chi connectivity index (χ4n) is 6.45. The highest BCUT2D eigenvalue weighted by Crippen LogP contribution is 2.58. The van der Waals surface area contributed by atoms with Crippen LogP contribution in [0.2, 0.25) is 0 Å². The molecule has 6 N–H and O–H groups in total. The molecule has 1 aromatic carbocycles. The topological polar surface area (TPSA) is 189 Å². The third-order valence-corrected chi connectivity index (χ3v) is 9.10. The molecule has 13 nitrogen and oxygen atoms in total. The zero-order valence-electron chi connectivity index (χ0n) is 24.9. The number of fused-ring (bicyclic) bond motifs is 1. The molecule has 3 atom stereocenters. The highest BCUT2D eigenvalue weighted by atomic mass is 16.6. The highest BCUT2D eigenvalue weighted by molar-refractivity contribution is 5.95. The summed E-state index contributed by atoms with van der Waals surface area (Å²) in [4.78, 5) is 50.4. The van der Waals surface area contributed by atoms with Gasteiger partial charge in [0.05, 0.1) is 12.1 Å². The molecule has 13 heteroatoms. The minimum absolute atomic E-state index is 0.0622. The van der Waals surface area contributed by atoms with Crippen LogP contribution in [-0.4, -0.2) is 106 Å². The van der Waals surface area contributed by atoms with Gasteiger partial charge in [0.15, 0.2) is 11.5 Å². The number of aromatic hydroxyl groups is 2. The van der Waals surface area contributed by atoms with Crippen LogP contribution in [0.3, 0.4) is 0 Å². The summed E-state index contributed by atoms with van der Waals surface area (Å²) < 4.78 is 5.77. The van der Waals surface area contributed by atoms with Gasteiger partial charge in [-0.05, 0) is 63.3 Å². The molecule has 3 amide bonds. The molecular formula is C30H42N4O9. The van der Waals surface area contributed by atoms with Crippen LogP contribution in [0.15, 0.2) is 24.0 Å². The molecule has 2 unspecified atom stereocenters. The Kier molecular flexibility index (Phi) is 9.55. The van der Waals surface area contributed by atoms with Crippen molar-refractivity contribution in [3.05, 3.63) is 35.1 Å². The maximum atomic E-state index is 13.0. The number of phenolic OH excluding ortho intramolecular Hbond substituents is 2. The van der Waals surface area contributed by atoms with Gasteiger partial charge in [0.1, 0.15) is 12.2 Å². The van der Waals surface area contributed by atoms with Gasteiger partial charge in [0.25, 0.3) is 0 Å². The standard InChI is InChI=1S/C30H42N4O9/c1-18-4-7-22(35)27(40)26(18)29-10-12-34(17-20-5-6-20)19(2)30(29,42)9-8-21(15-29)43-28(41)33(3)13-11-31-24(37)16-32-23(36)14-25(38)39/h4,7-8,19-20,35,40,42H,5-6,9-17H2,1-3H3,(H,31,37)(H,32,36)(H,38,39)/t19?,29-,30?/m1/s1. The lowest BCUT2D eigenvalue weighted by molar-refractivity contribution is -0.141. The van der Waals surface area contributed by atoms with Gasteiger partial charge in [-0.2, -0.15) is 0 Å². The summed E-state index contributed by atoms with van der Waals surface area (Å²) >= 11 is 0. The highest BCUT2D eigenvalue weighted by Gasteiger charge is 2.61. The number of nitrogens with one attached hydrogen (secondary N) is 2. The van der Waals surface area contributed by atoms with Crippen LogP contribution in [0, 0.1) is 12.8 Å². The van der Waals surface area contributed by atoms with E-state index in [9.17, 15) is 34.5 Å². The molecule has 43 heavy (non-hydrogen) atoms. The average Bonchev–Trinajstić information content (AvgIpc) is 3.76. The van der Waals surface area contributed by atoms with E-state index in [4.69, 9.17) is 9.84 Å². The second-order valence-corrected chi connectivity index (χ2v) is 12.0. The van der Waals surface area contributed by atoms with Crippen LogP contribution in [0.5, 0.6) is 11.5 Å². The summed E-state index contributed by atoms with van der Waals surface area (Å²) in [5, 5.41) is 47.3. The van der Waals surface area contributed by atoms with E-state index in [1.54, 1.807) is 12.1 Å². The molecule has 3 aliphatic rings. The number of carbonyl (C=O) groups excluding carboxylic acids is 3. The molecule has 1 saturated carbocycles. The van der Waals surface area contributed by atoms with Crippen LogP contribution in [0.4, 0.5) is 4.79 Å². The van der Waals surface area contributed by atoms with Gasteiger partial charge in [-0.1, -0.05) is 6.07 Å². The molecule has 2 aliphatic carbocycles. The number of amides is 3. The summed E-state index contributed by atoms with van der Waals surface area (Å²) in [6.07, 6.45) is 3.47. The first-order valence-electron chi connectivity index (χ1n) is 14.6.